The van der Waals surface area contributed by atoms with E-state index in [-0.39, 0.29) is 23.2 Å². The molecule has 0 bridgehead atoms. The zero-order chi connectivity index (χ0) is 14.9. The molecule has 0 aliphatic heterocycles. The molecule has 0 saturated heterocycles. The largest absolute Gasteiger partial charge is 0.478 e. The van der Waals surface area contributed by atoms with Crippen LogP contribution in [0.5, 0.6) is 0 Å². The number of carboxylic acid groups (broad SMARTS) is 1. The van der Waals surface area contributed by atoms with Gasteiger partial charge in [-0.3, -0.25) is 4.79 Å². The van der Waals surface area contributed by atoms with Gasteiger partial charge in [-0.15, -0.1) is 0 Å². The summed E-state index contributed by atoms with van der Waals surface area (Å²) in [4.78, 5) is 23.0. The minimum absolute atomic E-state index is 0.120. The van der Waals surface area contributed by atoms with Crippen LogP contribution in [0.15, 0.2) is 12.1 Å². The SMILES string of the molecule is CC(Nc1ccc(F)c(N)c1C(=O)O)C(=O)NC1CC1. The minimum Gasteiger partial charge on any atom is -0.478 e. The third-order valence-electron chi connectivity index (χ3n) is 3.10. The van der Waals surface area contributed by atoms with Gasteiger partial charge in [-0.25, -0.2) is 9.18 Å². The highest BCUT2D eigenvalue weighted by Gasteiger charge is 2.26. The molecule has 0 radical (unpaired) electrons. The highest BCUT2D eigenvalue weighted by molar-refractivity contribution is 6.00. The Labute approximate surface area is 115 Å². The van der Waals surface area contributed by atoms with Crippen LogP contribution in [-0.2, 0) is 4.79 Å². The molecule has 1 atom stereocenters. The topological polar surface area (TPSA) is 104 Å². The summed E-state index contributed by atoms with van der Waals surface area (Å²) in [6.07, 6.45) is 1.92. The van der Waals surface area contributed by atoms with E-state index in [0.717, 1.165) is 18.9 Å². The van der Waals surface area contributed by atoms with Crippen LogP contribution in [0.2, 0.25) is 0 Å². The Morgan fingerprint density at radius 1 is 1.45 bits per heavy atom. The number of carboxylic acids is 1. The summed E-state index contributed by atoms with van der Waals surface area (Å²) in [6.45, 7) is 1.60. The van der Waals surface area contributed by atoms with E-state index < -0.39 is 23.5 Å². The molecule has 7 heteroatoms. The van der Waals surface area contributed by atoms with Crippen molar-refractivity contribution in [3.05, 3.63) is 23.5 Å². The third-order valence-corrected chi connectivity index (χ3v) is 3.10. The monoisotopic (exact) mass is 281 g/mol. The van der Waals surface area contributed by atoms with Gasteiger partial charge in [-0.1, -0.05) is 0 Å². The highest BCUT2D eigenvalue weighted by atomic mass is 19.1. The molecule has 1 aliphatic carbocycles. The fraction of sp³-hybridized carbons (Fsp3) is 0.385. The highest BCUT2D eigenvalue weighted by Crippen LogP contribution is 2.26. The standard InChI is InChI=1S/C13H16FN3O3/c1-6(12(18)17-7-2-3-7)16-9-5-4-8(14)11(15)10(9)13(19)20/h4-7,16H,2-3,15H2,1H3,(H,17,18)(H,19,20). The minimum atomic E-state index is -1.35. The van der Waals surface area contributed by atoms with Crippen molar-refractivity contribution in [2.24, 2.45) is 0 Å². The lowest BCUT2D eigenvalue weighted by molar-refractivity contribution is -0.121. The van der Waals surface area contributed by atoms with Crippen LogP contribution in [-0.4, -0.2) is 29.1 Å². The number of aromatic carboxylic acids is 1. The Bertz CT molecular complexity index is 558. The van der Waals surface area contributed by atoms with Crippen LogP contribution < -0.4 is 16.4 Å². The molecule has 1 aromatic rings. The second-order valence-electron chi connectivity index (χ2n) is 4.84. The van der Waals surface area contributed by atoms with Gasteiger partial charge in [-0.05, 0) is 31.9 Å². The van der Waals surface area contributed by atoms with E-state index in [2.05, 4.69) is 10.6 Å². The van der Waals surface area contributed by atoms with Crippen molar-refractivity contribution >= 4 is 23.3 Å². The van der Waals surface area contributed by atoms with Crippen molar-refractivity contribution in [2.45, 2.75) is 31.8 Å². The lowest BCUT2D eigenvalue weighted by Crippen LogP contribution is -2.39. The normalized spacial score (nSPS) is 15.5. The van der Waals surface area contributed by atoms with Gasteiger partial charge in [-0.2, -0.15) is 0 Å². The average Bonchev–Trinajstić information content (AvgIpc) is 3.17. The van der Waals surface area contributed by atoms with Gasteiger partial charge < -0.3 is 21.5 Å². The first-order chi connectivity index (χ1) is 9.40. The lowest BCUT2D eigenvalue weighted by atomic mass is 10.1. The molecule has 0 heterocycles. The molecule has 0 aromatic heterocycles. The maximum absolute atomic E-state index is 13.3. The molecular weight excluding hydrogens is 265 g/mol. The van der Waals surface area contributed by atoms with Crippen molar-refractivity contribution in [3.8, 4) is 0 Å². The molecule has 1 saturated carbocycles. The Morgan fingerprint density at radius 3 is 2.65 bits per heavy atom. The number of halogens is 1. The average molecular weight is 281 g/mol. The Kier molecular flexibility index (Phi) is 3.78. The number of hydrogen-bond donors (Lipinski definition) is 4. The third kappa shape index (κ3) is 2.98. The van der Waals surface area contributed by atoms with Crippen molar-refractivity contribution < 1.29 is 19.1 Å². The fourth-order valence-corrected chi connectivity index (χ4v) is 1.80. The van der Waals surface area contributed by atoms with Crippen LogP contribution in [0.1, 0.15) is 30.1 Å². The number of rotatable bonds is 5. The van der Waals surface area contributed by atoms with E-state index in [0.29, 0.717) is 0 Å². The van der Waals surface area contributed by atoms with Gasteiger partial charge >= 0.3 is 5.97 Å². The van der Waals surface area contributed by atoms with Crippen LogP contribution in [0.3, 0.4) is 0 Å². The summed E-state index contributed by atoms with van der Waals surface area (Å²) in [7, 11) is 0. The molecule has 1 amide bonds. The van der Waals surface area contributed by atoms with E-state index in [1.807, 2.05) is 0 Å². The predicted octanol–water partition coefficient (Wildman–Crippen LogP) is 1.19. The Morgan fingerprint density at radius 2 is 2.10 bits per heavy atom. The summed E-state index contributed by atoms with van der Waals surface area (Å²) >= 11 is 0. The second kappa shape index (κ2) is 5.36. The second-order valence-corrected chi connectivity index (χ2v) is 4.84. The summed E-state index contributed by atoms with van der Waals surface area (Å²) in [6, 6.07) is 1.90. The van der Waals surface area contributed by atoms with Crippen LogP contribution >= 0.6 is 0 Å². The number of hydrogen-bond acceptors (Lipinski definition) is 4. The first kappa shape index (κ1) is 14.1. The number of benzene rings is 1. The molecule has 6 nitrogen and oxygen atoms in total. The van der Waals surface area contributed by atoms with Crippen molar-refractivity contribution in [3.63, 3.8) is 0 Å². The molecule has 0 spiro atoms. The van der Waals surface area contributed by atoms with Gasteiger partial charge in [0.15, 0.2) is 0 Å². The first-order valence-corrected chi connectivity index (χ1v) is 6.28. The van der Waals surface area contributed by atoms with E-state index in [4.69, 9.17) is 10.8 Å². The number of nitrogens with one attached hydrogen (secondary N) is 2. The maximum Gasteiger partial charge on any atom is 0.340 e. The smallest absolute Gasteiger partial charge is 0.340 e. The van der Waals surface area contributed by atoms with Crippen molar-refractivity contribution in [2.75, 3.05) is 11.1 Å². The number of carbonyl (C=O) groups is 2. The fourth-order valence-electron chi connectivity index (χ4n) is 1.80. The number of nitrogen functional groups attached to an aromatic ring is 1. The van der Waals surface area contributed by atoms with Crippen LogP contribution in [0, 0.1) is 5.82 Å². The molecule has 1 fully saturated rings. The molecular formula is C13H16FN3O3. The summed E-state index contributed by atoms with van der Waals surface area (Å²) in [5.41, 5.74) is 4.74. The zero-order valence-corrected chi connectivity index (χ0v) is 10.9. The van der Waals surface area contributed by atoms with Gasteiger partial charge in [0.2, 0.25) is 5.91 Å². The van der Waals surface area contributed by atoms with Gasteiger partial charge in [0.25, 0.3) is 0 Å². The molecule has 20 heavy (non-hydrogen) atoms. The lowest BCUT2D eigenvalue weighted by Gasteiger charge is -2.17. The van der Waals surface area contributed by atoms with E-state index in [1.54, 1.807) is 6.92 Å². The number of carbonyl (C=O) groups excluding carboxylic acids is 1. The van der Waals surface area contributed by atoms with E-state index in [1.165, 1.54) is 6.07 Å². The van der Waals surface area contributed by atoms with Gasteiger partial charge in [0, 0.05) is 6.04 Å². The first-order valence-electron chi connectivity index (χ1n) is 6.28. The summed E-state index contributed by atoms with van der Waals surface area (Å²) < 4.78 is 13.3. The van der Waals surface area contributed by atoms with Crippen LogP contribution in [0.25, 0.3) is 0 Å². The molecule has 5 N–H and O–H groups in total. The number of nitrogens with two attached hydrogens (primary N) is 1. The number of anilines is 2. The van der Waals surface area contributed by atoms with E-state index in [9.17, 15) is 14.0 Å². The zero-order valence-electron chi connectivity index (χ0n) is 10.9. The van der Waals surface area contributed by atoms with Crippen LogP contribution in [0.4, 0.5) is 15.8 Å². The maximum atomic E-state index is 13.3. The van der Waals surface area contributed by atoms with E-state index >= 15 is 0 Å². The van der Waals surface area contributed by atoms with Gasteiger partial charge in [0.1, 0.15) is 17.4 Å². The molecule has 108 valence electrons. The number of amides is 1. The summed E-state index contributed by atoms with van der Waals surface area (Å²) in [5.74, 6) is -2.38. The van der Waals surface area contributed by atoms with Crippen molar-refractivity contribution in [1.82, 2.24) is 5.32 Å². The molecule has 1 aromatic carbocycles. The Hall–Kier alpha value is -2.31. The molecule has 1 aliphatic rings. The molecule has 1 unspecified atom stereocenters. The quantitative estimate of drug-likeness (QED) is 0.607. The molecule has 2 rings (SSSR count). The van der Waals surface area contributed by atoms with Crippen molar-refractivity contribution in [1.29, 1.82) is 0 Å². The predicted molar refractivity (Wildman–Crippen MR) is 72.0 cm³/mol. The van der Waals surface area contributed by atoms with Gasteiger partial charge in [0.05, 0.1) is 11.4 Å². The summed E-state index contributed by atoms with van der Waals surface area (Å²) in [5, 5.41) is 14.6. The Balaban J connectivity index is 2.17.